The number of hydrogen-bond donors (Lipinski definition) is 3. The van der Waals surface area contributed by atoms with E-state index in [0.29, 0.717) is 25.4 Å². The Kier molecular flexibility index (Phi) is 5.79. The van der Waals surface area contributed by atoms with E-state index in [0.717, 1.165) is 19.3 Å². The van der Waals surface area contributed by atoms with Crippen LogP contribution in [0, 0.1) is 11.3 Å². The molecular formula is C14H26N2O3. The van der Waals surface area contributed by atoms with Crippen LogP contribution in [0.25, 0.3) is 0 Å². The van der Waals surface area contributed by atoms with Gasteiger partial charge < -0.3 is 15.7 Å². The molecule has 0 aromatic heterocycles. The average molecular weight is 270 g/mol. The molecule has 0 aromatic carbocycles. The number of hydrogen-bond acceptors (Lipinski definition) is 3. The molecule has 1 fully saturated rings. The maximum atomic E-state index is 11.6. The summed E-state index contributed by atoms with van der Waals surface area (Å²) in [5.74, 6) is 0.304. The fourth-order valence-electron chi connectivity index (χ4n) is 2.14. The maximum absolute atomic E-state index is 11.6. The molecule has 0 aliphatic heterocycles. The van der Waals surface area contributed by atoms with Crippen molar-refractivity contribution >= 4 is 11.8 Å². The van der Waals surface area contributed by atoms with Gasteiger partial charge in [-0.3, -0.25) is 9.59 Å². The van der Waals surface area contributed by atoms with Crippen molar-refractivity contribution in [3.8, 4) is 0 Å². The zero-order valence-corrected chi connectivity index (χ0v) is 12.2. The molecule has 1 aliphatic rings. The number of nitrogens with one attached hydrogen (secondary N) is 2. The summed E-state index contributed by atoms with van der Waals surface area (Å²) in [5, 5.41) is 15.0. The first-order valence-electron chi connectivity index (χ1n) is 7.02. The zero-order chi connectivity index (χ0) is 14.5. The molecule has 0 aromatic rings. The highest BCUT2D eigenvalue weighted by Crippen LogP contribution is 2.24. The second-order valence-electron chi connectivity index (χ2n) is 6.39. The molecule has 2 amide bonds. The van der Waals surface area contributed by atoms with E-state index >= 15 is 0 Å². The topological polar surface area (TPSA) is 78.4 Å². The van der Waals surface area contributed by atoms with Crippen LogP contribution in [0.1, 0.15) is 46.5 Å². The number of aliphatic hydroxyl groups excluding tert-OH is 1. The second kappa shape index (κ2) is 6.89. The summed E-state index contributed by atoms with van der Waals surface area (Å²) in [5.41, 5.74) is -0.420. The monoisotopic (exact) mass is 270 g/mol. The summed E-state index contributed by atoms with van der Waals surface area (Å²) in [6, 6.07) is 0. The largest absolute Gasteiger partial charge is 0.393 e. The van der Waals surface area contributed by atoms with Crippen LogP contribution in [-0.4, -0.2) is 36.1 Å². The Morgan fingerprint density at radius 2 is 1.89 bits per heavy atom. The Labute approximate surface area is 115 Å². The lowest BCUT2D eigenvalue weighted by molar-refractivity contribution is -0.128. The highest BCUT2D eigenvalue weighted by Gasteiger charge is 2.23. The Morgan fingerprint density at radius 3 is 2.42 bits per heavy atom. The van der Waals surface area contributed by atoms with Gasteiger partial charge in [-0.2, -0.15) is 0 Å². The van der Waals surface area contributed by atoms with E-state index in [2.05, 4.69) is 10.6 Å². The van der Waals surface area contributed by atoms with E-state index in [4.69, 9.17) is 0 Å². The molecule has 110 valence electrons. The molecule has 1 saturated carbocycles. The molecule has 1 aliphatic carbocycles. The standard InChI is InChI=1S/C14H26N2O3/c1-14(2,3)13(19)15-7-6-12(18)16-9-10-4-5-11(17)8-10/h10-11,17H,4-9H2,1-3H3,(H,15,19)(H,16,18). The molecule has 5 nitrogen and oxygen atoms in total. The summed E-state index contributed by atoms with van der Waals surface area (Å²) in [7, 11) is 0. The van der Waals surface area contributed by atoms with Gasteiger partial charge in [0, 0.05) is 24.9 Å². The van der Waals surface area contributed by atoms with Gasteiger partial charge in [0.05, 0.1) is 6.10 Å². The van der Waals surface area contributed by atoms with Crippen LogP contribution in [0.4, 0.5) is 0 Å². The van der Waals surface area contributed by atoms with Crippen molar-refractivity contribution < 1.29 is 14.7 Å². The fourth-order valence-corrected chi connectivity index (χ4v) is 2.14. The number of carbonyl (C=O) groups is 2. The van der Waals surface area contributed by atoms with E-state index in [-0.39, 0.29) is 17.9 Å². The highest BCUT2D eigenvalue weighted by molar-refractivity contribution is 5.82. The lowest BCUT2D eigenvalue weighted by Crippen LogP contribution is -2.37. The van der Waals surface area contributed by atoms with Crippen molar-refractivity contribution in [2.75, 3.05) is 13.1 Å². The molecule has 0 spiro atoms. The first-order chi connectivity index (χ1) is 8.79. The van der Waals surface area contributed by atoms with Gasteiger partial charge in [-0.05, 0) is 25.2 Å². The van der Waals surface area contributed by atoms with Gasteiger partial charge >= 0.3 is 0 Å². The van der Waals surface area contributed by atoms with Crippen molar-refractivity contribution in [3.63, 3.8) is 0 Å². The van der Waals surface area contributed by atoms with E-state index in [1.54, 1.807) is 0 Å². The molecule has 3 N–H and O–H groups in total. The minimum Gasteiger partial charge on any atom is -0.393 e. The predicted octanol–water partition coefficient (Wildman–Crippen LogP) is 0.816. The second-order valence-corrected chi connectivity index (χ2v) is 6.39. The summed E-state index contributed by atoms with van der Waals surface area (Å²) in [6.07, 6.45) is 2.69. The van der Waals surface area contributed by atoms with E-state index in [9.17, 15) is 14.7 Å². The SMILES string of the molecule is CC(C)(C)C(=O)NCCC(=O)NCC1CCC(O)C1. The van der Waals surface area contributed by atoms with Gasteiger partial charge in [-0.1, -0.05) is 20.8 Å². The summed E-state index contributed by atoms with van der Waals surface area (Å²) < 4.78 is 0. The number of amides is 2. The smallest absolute Gasteiger partial charge is 0.225 e. The molecule has 0 heterocycles. The molecule has 19 heavy (non-hydrogen) atoms. The van der Waals surface area contributed by atoms with Crippen LogP contribution in [0.5, 0.6) is 0 Å². The zero-order valence-electron chi connectivity index (χ0n) is 12.2. The minimum atomic E-state index is -0.420. The lowest BCUT2D eigenvalue weighted by Gasteiger charge is -2.17. The molecule has 0 bridgehead atoms. The first-order valence-corrected chi connectivity index (χ1v) is 7.02. The van der Waals surface area contributed by atoms with Crippen molar-refractivity contribution in [1.29, 1.82) is 0 Å². The Balaban J connectivity index is 2.10. The molecule has 1 rings (SSSR count). The number of rotatable bonds is 5. The molecule has 2 atom stereocenters. The third kappa shape index (κ3) is 6.05. The van der Waals surface area contributed by atoms with Gasteiger partial charge in [0.15, 0.2) is 0 Å². The Morgan fingerprint density at radius 1 is 1.21 bits per heavy atom. The van der Waals surface area contributed by atoms with Crippen molar-refractivity contribution in [3.05, 3.63) is 0 Å². The van der Waals surface area contributed by atoms with Gasteiger partial charge in [0.25, 0.3) is 0 Å². The minimum absolute atomic E-state index is 0.0424. The van der Waals surface area contributed by atoms with E-state index in [1.165, 1.54) is 0 Å². The van der Waals surface area contributed by atoms with E-state index in [1.807, 2.05) is 20.8 Å². The van der Waals surface area contributed by atoms with Crippen LogP contribution in [0.3, 0.4) is 0 Å². The van der Waals surface area contributed by atoms with E-state index < -0.39 is 5.41 Å². The predicted molar refractivity (Wildman–Crippen MR) is 73.4 cm³/mol. The molecule has 0 saturated heterocycles. The lowest BCUT2D eigenvalue weighted by atomic mass is 9.96. The van der Waals surface area contributed by atoms with Gasteiger partial charge in [-0.15, -0.1) is 0 Å². The van der Waals surface area contributed by atoms with Gasteiger partial charge in [0.1, 0.15) is 0 Å². The summed E-state index contributed by atoms with van der Waals surface area (Å²) in [4.78, 5) is 23.2. The van der Waals surface area contributed by atoms with Crippen molar-refractivity contribution in [1.82, 2.24) is 10.6 Å². The maximum Gasteiger partial charge on any atom is 0.225 e. The van der Waals surface area contributed by atoms with Gasteiger partial charge in [-0.25, -0.2) is 0 Å². The molecule has 5 heteroatoms. The highest BCUT2D eigenvalue weighted by atomic mass is 16.3. The van der Waals surface area contributed by atoms with Crippen LogP contribution >= 0.6 is 0 Å². The van der Waals surface area contributed by atoms with Gasteiger partial charge in [0.2, 0.25) is 11.8 Å². The summed E-state index contributed by atoms with van der Waals surface area (Å²) in [6.45, 7) is 6.52. The van der Waals surface area contributed by atoms with Crippen LogP contribution in [0.15, 0.2) is 0 Å². The Hall–Kier alpha value is -1.10. The average Bonchev–Trinajstić information content (AvgIpc) is 2.71. The fraction of sp³-hybridized carbons (Fsp3) is 0.857. The summed E-state index contributed by atoms with van der Waals surface area (Å²) >= 11 is 0. The molecule has 2 unspecified atom stereocenters. The Bertz CT molecular complexity index is 323. The normalized spacial score (nSPS) is 23.2. The quantitative estimate of drug-likeness (QED) is 0.692. The third-order valence-corrected chi connectivity index (χ3v) is 3.42. The molecular weight excluding hydrogens is 244 g/mol. The first kappa shape index (κ1) is 16.0. The van der Waals surface area contributed by atoms with Crippen molar-refractivity contribution in [2.45, 2.75) is 52.6 Å². The van der Waals surface area contributed by atoms with Crippen molar-refractivity contribution in [2.24, 2.45) is 11.3 Å². The molecule has 0 radical (unpaired) electrons. The number of aliphatic hydroxyl groups is 1. The van der Waals surface area contributed by atoms with Crippen LogP contribution in [-0.2, 0) is 9.59 Å². The van der Waals surface area contributed by atoms with Crippen LogP contribution < -0.4 is 10.6 Å². The number of carbonyl (C=O) groups excluding carboxylic acids is 2. The third-order valence-electron chi connectivity index (χ3n) is 3.42. The van der Waals surface area contributed by atoms with Crippen LogP contribution in [0.2, 0.25) is 0 Å².